The quantitative estimate of drug-likeness (QED) is 0.897. The van der Waals surface area contributed by atoms with Crippen molar-refractivity contribution in [3.63, 3.8) is 0 Å². The zero-order valence-electron chi connectivity index (χ0n) is 11.0. The van der Waals surface area contributed by atoms with Crippen LogP contribution < -0.4 is 10.5 Å². The Kier molecular flexibility index (Phi) is 4.90. The van der Waals surface area contributed by atoms with E-state index in [0.29, 0.717) is 17.5 Å². The number of rotatable bonds is 4. The number of halogens is 1. The molecule has 0 heterocycles. The van der Waals surface area contributed by atoms with Gasteiger partial charge in [0, 0.05) is 11.1 Å². The van der Waals surface area contributed by atoms with E-state index in [1.165, 1.54) is 32.1 Å². The number of hydrogen-bond donors (Lipinski definition) is 1. The molecule has 0 aromatic heterocycles. The normalized spacial score (nSPS) is 18.6. The molecule has 1 fully saturated rings. The molecule has 18 heavy (non-hydrogen) atoms. The zero-order chi connectivity index (χ0) is 13.0. The van der Waals surface area contributed by atoms with Crippen LogP contribution in [0.5, 0.6) is 5.75 Å². The highest BCUT2D eigenvalue weighted by molar-refractivity contribution is 6.30. The summed E-state index contributed by atoms with van der Waals surface area (Å²) in [6.07, 6.45) is 6.48. The lowest BCUT2D eigenvalue weighted by Crippen LogP contribution is -2.37. The summed E-state index contributed by atoms with van der Waals surface area (Å²) in [6.45, 7) is 2.61. The van der Waals surface area contributed by atoms with Gasteiger partial charge in [-0.15, -0.1) is 0 Å². The van der Waals surface area contributed by atoms with E-state index in [1.807, 2.05) is 25.1 Å². The molecule has 2 rings (SSSR count). The van der Waals surface area contributed by atoms with Crippen LogP contribution in [-0.2, 0) is 0 Å². The lowest BCUT2D eigenvalue weighted by Gasteiger charge is -2.27. The molecule has 1 aliphatic carbocycles. The summed E-state index contributed by atoms with van der Waals surface area (Å²) in [5.74, 6) is 1.48. The molecule has 0 saturated heterocycles. The molecule has 0 bridgehead atoms. The fraction of sp³-hybridized carbons (Fsp3) is 0.600. The molecule has 2 nitrogen and oxygen atoms in total. The molecular weight excluding hydrogens is 246 g/mol. The van der Waals surface area contributed by atoms with E-state index in [2.05, 4.69) is 0 Å². The Morgan fingerprint density at radius 3 is 2.78 bits per heavy atom. The highest BCUT2D eigenvalue weighted by atomic mass is 35.5. The van der Waals surface area contributed by atoms with Crippen LogP contribution in [-0.4, -0.2) is 12.6 Å². The second kappa shape index (κ2) is 6.44. The molecule has 1 unspecified atom stereocenters. The van der Waals surface area contributed by atoms with Crippen molar-refractivity contribution in [3.8, 4) is 5.75 Å². The van der Waals surface area contributed by atoms with Gasteiger partial charge in [-0.05, 0) is 43.4 Å². The molecule has 3 heteroatoms. The molecule has 0 aliphatic heterocycles. The Morgan fingerprint density at radius 1 is 1.33 bits per heavy atom. The van der Waals surface area contributed by atoms with E-state index >= 15 is 0 Å². The second-order valence-electron chi connectivity index (χ2n) is 5.28. The van der Waals surface area contributed by atoms with Crippen molar-refractivity contribution >= 4 is 11.6 Å². The van der Waals surface area contributed by atoms with Crippen LogP contribution in [0, 0.1) is 12.8 Å². The van der Waals surface area contributed by atoms with Gasteiger partial charge >= 0.3 is 0 Å². The Morgan fingerprint density at radius 2 is 2.06 bits per heavy atom. The van der Waals surface area contributed by atoms with Gasteiger partial charge in [0.2, 0.25) is 0 Å². The van der Waals surface area contributed by atoms with Crippen molar-refractivity contribution in [2.24, 2.45) is 11.7 Å². The highest BCUT2D eigenvalue weighted by Crippen LogP contribution is 2.27. The first-order valence-electron chi connectivity index (χ1n) is 6.81. The minimum atomic E-state index is 0.142. The van der Waals surface area contributed by atoms with E-state index in [1.54, 1.807) is 0 Å². The van der Waals surface area contributed by atoms with Crippen LogP contribution in [0.15, 0.2) is 18.2 Å². The van der Waals surface area contributed by atoms with Crippen LogP contribution >= 0.6 is 11.6 Å². The third kappa shape index (κ3) is 3.63. The molecule has 1 atom stereocenters. The Hall–Kier alpha value is -0.730. The molecule has 1 aromatic rings. The van der Waals surface area contributed by atoms with Crippen LogP contribution in [0.1, 0.15) is 37.7 Å². The van der Waals surface area contributed by atoms with Crippen molar-refractivity contribution in [1.29, 1.82) is 0 Å². The summed E-state index contributed by atoms with van der Waals surface area (Å²) < 4.78 is 5.82. The van der Waals surface area contributed by atoms with Crippen molar-refractivity contribution in [1.82, 2.24) is 0 Å². The van der Waals surface area contributed by atoms with Crippen molar-refractivity contribution in [2.75, 3.05) is 6.61 Å². The zero-order valence-corrected chi connectivity index (χ0v) is 11.7. The lowest BCUT2D eigenvalue weighted by molar-refractivity contribution is 0.213. The van der Waals surface area contributed by atoms with Gasteiger partial charge in [-0.25, -0.2) is 0 Å². The monoisotopic (exact) mass is 267 g/mol. The Bertz CT molecular complexity index is 388. The van der Waals surface area contributed by atoms with Crippen LogP contribution in [0.3, 0.4) is 0 Å². The number of nitrogens with two attached hydrogens (primary N) is 1. The van der Waals surface area contributed by atoms with E-state index in [0.717, 1.165) is 11.3 Å². The summed E-state index contributed by atoms with van der Waals surface area (Å²) in [7, 11) is 0. The van der Waals surface area contributed by atoms with Gasteiger partial charge in [-0.3, -0.25) is 0 Å². The van der Waals surface area contributed by atoms with Crippen LogP contribution in [0.25, 0.3) is 0 Å². The summed E-state index contributed by atoms with van der Waals surface area (Å²) in [4.78, 5) is 0. The molecule has 0 spiro atoms. The van der Waals surface area contributed by atoms with Crippen molar-refractivity contribution in [3.05, 3.63) is 28.8 Å². The fourth-order valence-corrected chi connectivity index (χ4v) is 2.78. The second-order valence-corrected chi connectivity index (χ2v) is 5.72. The van der Waals surface area contributed by atoms with Gasteiger partial charge in [0.1, 0.15) is 12.4 Å². The maximum atomic E-state index is 6.23. The Balaban J connectivity index is 1.88. The molecule has 100 valence electrons. The summed E-state index contributed by atoms with van der Waals surface area (Å²) in [6, 6.07) is 5.86. The molecule has 1 saturated carbocycles. The summed E-state index contributed by atoms with van der Waals surface area (Å²) >= 11 is 5.97. The smallest absolute Gasteiger partial charge is 0.123 e. The standard InChI is InChI=1S/C15H22ClNO/c1-11-7-8-13(16)9-15(11)18-10-14(17)12-5-3-2-4-6-12/h7-9,12,14H,2-6,10,17H2,1H3. The van der Waals surface area contributed by atoms with Crippen LogP contribution in [0.4, 0.5) is 0 Å². The minimum absolute atomic E-state index is 0.142. The largest absolute Gasteiger partial charge is 0.492 e. The predicted molar refractivity (Wildman–Crippen MR) is 76.2 cm³/mol. The molecule has 0 radical (unpaired) electrons. The van der Waals surface area contributed by atoms with Crippen LogP contribution in [0.2, 0.25) is 5.02 Å². The average Bonchev–Trinajstić information content (AvgIpc) is 2.40. The van der Waals surface area contributed by atoms with Gasteiger partial charge < -0.3 is 10.5 Å². The van der Waals surface area contributed by atoms with Crippen molar-refractivity contribution < 1.29 is 4.74 Å². The maximum Gasteiger partial charge on any atom is 0.123 e. The number of benzene rings is 1. The molecule has 0 amide bonds. The summed E-state index contributed by atoms with van der Waals surface area (Å²) in [5, 5.41) is 0.710. The van der Waals surface area contributed by atoms with Gasteiger partial charge in [-0.1, -0.05) is 36.9 Å². The van der Waals surface area contributed by atoms with Gasteiger partial charge in [-0.2, -0.15) is 0 Å². The SMILES string of the molecule is Cc1ccc(Cl)cc1OCC(N)C1CCCCC1. The van der Waals surface area contributed by atoms with Gasteiger partial charge in [0.05, 0.1) is 0 Å². The summed E-state index contributed by atoms with van der Waals surface area (Å²) in [5.41, 5.74) is 7.33. The topological polar surface area (TPSA) is 35.2 Å². The lowest BCUT2D eigenvalue weighted by atomic mass is 9.84. The molecule has 2 N–H and O–H groups in total. The molecule has 1 aromatic carbocycles. The third-order valence-electron chi connectivity index (χ3n) is 3.84. The highest BCUT2D eigenvalue weighted by Gasteiger charge is 2.21. The molecular formula is C15H22ClNO. The first kappa shape index (κ1) is 13.7. The third-order valence-corrected chi connectivity index (χ3v) is 4.07. The fourth-order valence-electron chi connectivity index (χ4n) is 2.61. The van der Waals surface area contributed by atoms with Crippen molar-refractivity contribution in [2.45, 2.75) is 45.1 Å². The average molecular weight is 268 g/mol. The maximum absolute atomic E-state index is 6.23. The number of aryl methyl sites for hydroxylation is 1. The van der Waals surface area contributed by atoms with E-state index in [9.17, 15) is 0 Å². The first-order chi connectivity index (χ1) is 8.66. The minimum Gasteiger partial charge on any atom is -0.492 e. The molecule has 1 aliphatic rings. The number of ether oxygens (including phenoxy) is 1. The number of hydrogen-bond acceptors (Lipinski definition) is 2. The van der Waals surface area contributed by atoms with E-state index in [4.69, 9.17) is 22.1 Å². The van der Waals surface area contributed by atoms with E-state index in [-0.39, 0.29) is 6.04 Å². The van der Waals surface area contributed by atoms with E-state index < -0.39 is 0 Å². The first-order valence-corrected chi connectivity index (χ1v) is 7.19. The van der Waals surface area contributed by atoms with Gasteiger partial charge in [0.25, 0.3) is 0 Å². The Labute approximate surface area is 114 Å². The predicted octanol–water partition coefficient (Wildman–Crippen LogP) is 3.93. The van der Waals surface area contributed by atoms with Gasteiger partial charge in [0.15, 0.2) is 0 Å².